The zero-order valence-electron chi connectivity index (χ0n) is 14.0. The van der Waals surface area contributed by atoms with Crippen molar-refractivity contribution >= 4 is 17.6 Å². The van der Waals surface area contributed by atoms with Crippen LogP contribution in [-0.2, 0) is 16.1 Å². The van der Waals surface area contributed by atoms with Gasteiger partial charge in [0.2, 0.25) is 0 Å². The number of hydrogen-bond donors (Lipinski definition) is 0. The molecule has 0 bridgehead atoms. The molecule has 2 aromatic rings. The number of halogens is 1. The lowest BCUT2D eigenvalue weighted by Gasteiger charge is -2.43. The Labute approximate surface area is 148 Å². The summed E-state index contributed by atoms with van der Waals surface area (Å²) in [4.78, 5) is 14.6. The Bertz CT molecular complexity index is 714. The maximum Gasteiger partial charge on any atom is 0.323 e. The summed E-state index contributed by atoms with van der Waals surface area (Å²) in [6, 6.07) is 15.8. The van der Waals surface area contributed by atoms with Gasteiger partial charge in [0.1, 0.15) is 12.6 Å². The highest BCUT2D eigenvalue weighted by Crippen LogP contribution is 2.31. The second-order valence-electron chi connectivity index (χ2n) is 6.30. The standard InChI is InChI=1S/C20H22ClNO2/c1-14-5-3-4-6-17(14)13-24-20(23)19-11-12-22(19)15(2)16-7-9-18(21)10-8-16/h3-10,15,19H,11-13H2,1-2H3. The van der Waals surface area contributed by atoms with Crippen LogP contribution < -0.4 is 0 Å². The quantitative estimate of drug-likeness (QED) is 0.747. The molecule has 2 atom stereocenters. The average molecular weight is 344 g/mol. The number of carbonyl (C=O) groups is 1. The first-order valence-corrected chi connectivity index (χ1v) is 8.66. The van der Waals surface area contributed by atoms with Gasteiger partial charge in [-0.25, -0.2) is 0 Å². The van der Waals surface area contributed by atoms with Crippen LogP contribution in [0.5, 0.6) is 0 Å². The van der Waals surface area contributed by atoms with Crippen molar-refractivity contribution in [3.63, 3.8) is 0 Å². The lowest BCUT2D eigenvalue weighted by molar-refractivity contribution is -0.158. The van der Waals surface area contributed by atoms with E-state index in [1.165, 1.54) is 0 Å². The van der Waals surface area contributed by atoms with Crippen LogP contribution in [0.2, 0.25) is 5.02 Å². The molecule has 4 heteroatoms. The molecule has 0 radical (unpaired) electrons. The van der Waals surface area contributed by atoms with Gasteiger partial charge in [-0.3, -0.25) is 9.69 Å². The number of carbonyl (C=O) groups excluding carboxylic acids is 1. The molecular formula is C20H22ClNO2. The van der Waals surface area contributed by atoms with Crippen molar-refractivity contribution in [2.75, 3.05) is 6.54 Å². The van der Waals surface area contributed by atoms with E-state index in [4.69, 9.17) is 16.3 Å². The molecular weight excluding hydrogens is 322 g/mol. The molecule has 0 aliphatic carbocycles. The first-order valence-electron chi connectivity index (χ1n) is 8.28. The van der Waals surface area contributed by atoms with Gasteiger partial charge in [0, 0.05) is 17.6 Å². The number of likely N-dealkylation sites (tertiary alicyclic amines) is 1. The van der Waals surface area contributed by atoms with Crippen molar-refractivity contribution in [2.24, 2.45) is 0 Å². The van der Waals surface area contributed by atoms with Gasteiger partial charge in [-0.1, -0.05) is 48.0 Å². The normalized spacial score (nSPS) is 18.7. The minimum absolute atomic E-state index is 0.134. The van der Waals surface area contributed by atoms with Gasteiger partial charge < -0.3 is 4.74 Å². The molecule has 0 amide bonds. The van der Waals surface area contributed by atoms with E-state index in [-0.39, 0.29) is 18.1 Å². The molecule has 0 spiro atoms. The molecule has 1 saturated heterocycles. The first kappa shape index (κ1) is 17.0. The fourth-order valence-electron chi connectivity index (χ4n) is 3.07. The van der Waals surface area contributed by atoms with Crippen molar-refractivity contribution in [2.45, 2.75) is 39.0 Å². The van der Waals surface area contributed by atoms with Crippen molar-refractivity contribution in [3.05, 3.63) is 70.2 Å². The minimum atomic E-state index is -0.153. The summed E-state index contributed by atoms with van der Waals surface area (Å²) in [6.07, 6.45) is 0.852. The largest absolute Gasteiger partial charge is 0.460 e. The zero-order chi connectivity index (χ0) is 17.1. The van der Waals surface area contributed by atoms with Crippen molar-refractivity contribution < 1.29 is 9.53 Å². The number of rotatable bonds is 5. The van der Waals surface area contributed by atoms with Gasteiger partial charge in [0.25, 0.3) is 0 Å². The third kappa shape index (κ3) is 3.63. The molecule has 126 valence electrons. The lowest BCUT2D eigenvalue weighted by atomic mass is 9.96. The summed E-state index contributed by atoms with van der Waals surface area (Å²) in [6.45, 7) is 5.39. The molecule has 24 heavy (non-hydrogen) atoms. The molecule has 1 aliphatic rings. The monoisotopic (exact) mass is 343 g/mol. The van der Waals surface area contributed by atoms with Crippen LogP contribution in [-0.4, -0.2) is 23.5 Å². The molecule has 0 N–H and O–H groups in total. The van der Waals surface area contributed by atoms with Crippen molar-refractivity contribution in [1.82, 2.24) is 4.90 Å². The summed E-state index contributed by atoms with van der Waals surface area (Å²) < 4.78 is 5.55. The summed E-state index contributed by atoms with van der Waals surface area (Å²) in [5.74, 6) is -0.134. The molecule has 1 aliphatic heterocycles. The minimum Gasteiger partial charge on any atom is -0.460 e. The van der Waals surface area contributed by atoms with Crippen LogP contribution >= 0.6 is 11.6 Å². The van der Waals surface area contributed by atoms with Crippen molar-refractivity contribution in [3.8, 4) is 0 Å². The third-order valence-corrected chi connectivity index (χ3v) is 5.07. The highest BCUT2D eigenvalue weighted by atomic mass is 35.5. The number of ether oxygens (including phenoxy) is 1. The third-order valence-electron chi connectivity index (χ3n) is 4.81. The van der Waals surface area contributed by atoms with E-state index in [0.717, 1.165) is 34.7 Å². The predicted molar refractivity (Wildman–Crippen MR) is 96.0 cm³/mol. The number of hydrogen-bond acceptors (Lipinski definition) is 3. The second-order valence-corrected chi connectivity index (χ2v) is 6.74. The second kappa shape index (κ2) is 7.37. The summed E-state index contributed by atoms with van der Waals surface area (Å²) >= 11 is 5.95. The maximum absolute atomic E-state index is 12.4. The van der Waals surface area contributed by atoms with Gasteiger partial charge in [0.05, 0.1) is 0 Å². The zero-order valence-corrected chi connectivity index (χ0v) is 14.8. The Balaban J connectivity index is 1.59. The Kier molecular flexibility index (Phi) is 5.22. The van der Waals surface area contributed by atoms with Crippen LogP contribution in [0.15, 0.2) is 48.5 Å². The summed E-state index contributed by atoms with van der Waals surface area (Å²) in [5.41, 5.74) is 3.36. The smallest absolute Gasteiger partial charge is 0.323 e. The van der Waals surface area contributed by atoms with Crippen molar-refractivity contribution in [1.29, 1.82) is 0 Å². The lowest BCUT2D eigenvalue weighted by Crippen LogP contribution is -2.53. The number of aryl methyl sites for hydroxylation is 1. The summed E-state index contributed by atoms with van der Waals surface area (Å²) in [5, 5.41) is 0.726. The Morgan fingerprint density at radius 3 is 2.58 bits per heavy atom. The van der Waals surface area contributed by atoms with Gasteiger partial charge in [-0.05, 0) is 49.1 Å². The molecule has 1 fully saturated rings. The maximum atomic E-state index is 12.4. The summed E-state index contributed by atoms with van der Waals surface area (Å²) in [7, 11) is 0. The molecule has 1 heterocycles. The molecule has 2 unspecified atom stereocenters. The Morgan fingerprint density at radius 2 is 1.96 bits per heavy atom. The number of nitrogens with zero attached hydrogens (tertiary/aromatic N) is 1. The van der Waals surface area contributed by atoms with Crippen LogP contribution in [0, 0.1) is 6.92 Å². The molecule has 3 nitrogen and oxygen atoms in total. The van der Waals surface area contributed by atoms with E-state index in [1.54, 1.807) is 0 Å². The van der Waals surface area contributed by atoms with Crippen LogP contribution in [0.25, 0.3) is 0 Å². The van der Waals surface area contributed by atoms with Crippen LogP contribution in [0.4, 0.5) is 0 Å². The van der Waals surface area contributed by atoms with E-state index < -0.39 is 0 Å². The van der Waals surface area contributed by atoms with Gasteiger partial charge in [0.15, 0.2) is 0 Å². The average Bonchev–Trinajstić information content (AvgIpc) is 2.53. The highest BCUT2D eigenvalue weighted by molar-refractivity contribution is 6.30. The molecule has 0 aromatic heterocycles. The Hall–Kier alpha value is -1.84. The topological polar surface area (TPSA) is 29.5 Å². The molecule has 0 saturated carbocycles. The van der Waals surface area contributed by atoms with E-state index in [0.29, 0.717) is 6.61 Å². The molecule has 3 rings (SSSR count). The van der Waals surface area contributed by atoms with Gasteiger partial charge >= 0.3 is 5.97 Å². The van der Waals surface area contributed by atoms with E-state index in [1.807, 2.05) is 55.5 Å². The fraction of sp³-hybridized carbons (Fsp3) is 0.350. The predicted octanol–water partition coefficient (Wildman–Crippen LogP) is 4.53. The van der Waals surface area contributed by atoms with Gasteiger partial charge in [-0.2, -0.15) is 0 Å². The first-order chi connectivity index (χ1) is 11.6. The van der Waals surface area contributed by atoms with Crippen LogP contribution in [0.1, 0.15) is 36.1 Å². The van der Waals surface area contributed by atoms with E-state index >= 15 is 0 Å². The molecule has 2 aromatic carbocycles. The van der Waals surface area contributed by atoms with Gasteiger partial charge in [-0.15, -0.1) is 0 Å². The van der Waals surface area contributed by atoms with E-state index in [9.17, 15) is 4.79 Å². The van der Waals surface area contributed by atoms with E-state index in [2.05, 4.69) is 11.8 Å². The fourth-order valence-corrected chi connectivity index (χ4v) is 3.20. The number of esters is 1. The number of benzene rings is 2. The highest BCUT2D eigenvalue weighted by Gasteiger charge is 2.38. The van der Waals surface area contributed by atoms with Crippen LogP contribution in [0.3, 0.4) is 0 Å². The Morgan fingerprint density at radius 1 is 1.25 bits per heavy atom. The SMILES string of the molecule is Cc1ccccc1COC(=O)C1CCN1C(C)c1ccc(Cl)cc1.